The average molecular weight is 274 g/mol. The van der Waals surface area contributed by atoms with Crippen molar-refractivity contribution in [3.8, 4) is 12.3 Å². The second-order valence-corrected chi connectivity index (χ2v) is 6.79. The SMILES string of the molecule is C#CCN(Cc1occc1CNC(C)(C)C)CC1CC1. The Labute approximate surface area is 122 Å². The summed E-state index contributed by atoms with van der Waals surface area (Å²) in [4.78, 5) is 2.32. The van der Waals surface area contributed by atoms with Crippen LogP contribution in [0.15, 0.2) is 16.7 Å². The molecule has 0 amide bonds. The normalized spacial score (nSPS) is 15.6. The van der Waals surface area contributed by atoms with Crippen molar-refractivity contribution in [1.82, 2.24) is 10.2 Å². The summed E-state index contributed by atoms with van der Waals surface area (Å²) < 4.78 is 5.66. The number of nitrogens with one attached hydrogen (secondary N) is 1. The third-order valence-corrected chi connectivity index (χ3v) is 3.54. The number of rotatable bonds is 7. The fraction of sp³-hybridized carbons (Fsp3) is 0.647. The predicted molar refractivity (Wildman–Crippen MR) is 82.1 cm³/mol. The Balaban J connectivity index is 1.93. The van der Waals surface area contributed by atoms with Crippen molar-refractivity contribution in [1.29, 1.82) is 0 Å². The first-order valence-corrected chi connectivity index (χ1v) is 7.44. The van der Waals surface area contributed by atoms with Crippen molar-refractivity contribution in [2.75, 3.05) is 13.1 Å². The number of furan rings is 1. The summed E-state index contributed by atoms with van der Waals surface area (Å²) in [6.07, 6.45) is 9.94. The van der Waals surface area contributed by atoms with Crippen LogP contribution in [-0.4, -0.2) is 23.5 Å². The quantitative estimate of drug-likeness (QED) is 0.775. The summed E-state index contributed by atoms with van der Waals surface area (Å²) in [6.45, 7) is 9.96. The highest BCUT2D eigenvalue weighted by Crippen LogP contribution is 2.30. The van der Waals surface area contributed by atoms with Crippen LogP contribution in [0.25, 0.3) is 0 Å². The zero-order chi connectivity index (χ0) is 14.6. The third-order valence-electron chi connectivity index (χ3n) is 3.54. The Bertz CT molecular complexity index is 460. The van der Waals surface area contributed by atoms with Crippen LogP contribution >= 0.6 is 0 Å². The van der Waals surface area contributed by atoms with Crippen LogP contribution in [0.5, 0.6) is 0 Å². The lowest BCUT2D eigenvalue weighted by atomic mass is 10.1. The Morgan fingerprint density at radius 2 is 2.20 bits per heavy atom. The largest absolute Gasteiger partial charge is 0.468 e. The van der Waals surface area contributed by atoms with E-state index in [0.717, 1.165) is 31.3 Å². The second-order valence-electron chi connectivity index (χ2n) is 6.79. The van der Waals surface area contributed by atoms with Gasteiger partial charge in [-0.05, 0) is 45.6 Å². The molecule has 1 saturated carbocycles. The maximum absolute atomic E-state index is 5.66. The van der Waals surface area contributed by atoms with Crippen LogP contribution in [0.1, 0.15) is 44.9 Å². The number of hydrogen-bond donors (Lipinski definition) is 1. The van der Waals surface area contributed by atoms with Gasteiger partial charge in [0.15, 0.2) is 0 Å². The first-order chi connectivity index (χ1) is 9.48. The lowest BCUT2D eigenvalue weighted by Gasteiger charge is -2.22. The van der Waals surface area contributed by atoms with E-state index in [-0.39, 0.29) is 5.54 Å². The molecule has 0 unspecified atom stereocenters. The average Bonchev–Trinajstić information content (AvgIpc) is 3.04. The van der Waals surface area contributed by atoms with Gasteiger partial charge < -0.3 is 9.73 Å². The molecule has 1 aliphatic rings. The molecule has 110 valence electrons. The lowest BCUT2D eigenvalue weighted by molar-refractivity contribution is 0.259. The summed E-state index contributed by atoms with van der Waals surface area (Å²) in [6, 6.07) is 2.05. The molecule has 2 rings (SSSR count). The zero-order valence-electron chi connectivity index (χ0n) is 12.9. The molecule has 1 N–H and O–H groups in total. The predicted octanol–water partition coefficient (Wildman–Crippen LogP) is 3.01. The molecule has 0 spiro atoms. The topological polar surface area (TPSA) is 28.4 Å². The van der Waals surface area contributed by atoms with Gasteiger partial charge in [-0.25, -0.2) is 0 Å². The van der Waals surface area contributed by atoms with Gasteiger partial charge in [0.2, 0.25) is 0 Å². The summed E-state index contributed by atoms with van der Waals surface area (Å²) >= 11 is 0. The van der Waals surface area contributed by atoms with Gasteiger partial charge in [-0.2, -0.15) is 0 Å². The van der Waals surface area contributed by atoms with E-state index in [1.807, 2.05) is 0 Å². The molecule has 3 heteroatoms. The van der Waals surface area contributed by atoms with E-state index >= 15 is 0 Å². The van der Waals surface area contributed by atoms with E-state index < -0.39 is 0 Å². The molecule has 1 aromatic rings. The number of hydrogen-bond acceptors (Lipinski definition) is 3. The summed E-state index contributed by atoms with van der Waals surface area (Å²) in [5.74, 6) is 4.64. The van der Waals surface area contributed by atoms with Gasteiger partial charge >= 0.3 is 0 Å². The highest BCUT2D eigenvalue weighted by Gasteiger charge is 2.25. The molecule has 1 aliphatic carbocycles. The summed E-state index contributed by atoms with van der Waals surface area (Å²) in [5.41, 5.74) is 1.35. The number of terminal acetylenes is 1. The van der Waals surface area contributed by atoms with Gasteiger partial charge in [0.05, 0.1) is 19.4 Å². The minimum absolute atomic E-state index is 0.112. The van der Waals surface area contributed by atoms with Crippen LogP contribution in [-0.2, 0) is 13.1 Å². The Hall–Kier alpha value is -1.24. The lowest BCUT2D eigenvalue weighted by Crippen LogP contribution is -2.35. The van der Waals surface area contributed by atoms with Gasteiger partial charge in [0, 0.05) is 24.2 Å². The van der Waals surface area contributed by atoms with E-state index in [4.69, 9.17) is 10.8 Å². The first-order valence-electron chi connectivity index (χ1n) is 7.44. The molecule has 20 heavy (non-hydrogen) atoms. The third kappa shape index (κ3) is 5.03. The van der Waals surface area contributed by atoms with E-state index in [9.17, 15) is 0 Å². The van der Waals surface area contributed by atoms with E-state index in [1.165, 1.54) is 18.4 Å². The van der Waals surface area contributed by atoms with E-state index in [1.54, 1.807) is 6.26 Å². The van der Waals surface area contributed by atoms with E-state index in [0.29, 0.717) is 6.54 Å². The maximum atomic E-state index is 5.66. The van der Waals surface area contributed by atoms with Crippen LogP contribution in [0.4, 0.5) is 0 Å². The second kappa shape index (κ2) is 6.47. The molecular weight excluding hydrogens is 248 g/mol. The number of nitrogens with zero attached hydrogens (tertiary/aromatic N) is 1. The van der Waals surface area contributed by atoms with Crippen molar-refractivity contribution >= 4 is 0 Å². The minimum Gasteiger partial charge on any atom is -0.468 e. The smallest absolute Gasteiger partial charge is 0.122 e. The molecule has 0 atom stereocenters. The van der Waals surface area contributed by atoms with Crippen LogP contribution < -0.4 is 5.32 Å². The van der Waals surface area contributed by atoms with Crippen LogP contribution in [0.2, 0.25) is 0 Å². The Kier molecular flexibility index (Phi) is 4.91. The fourth-order valence-corrected chi connectivity index (χ4v) is 2.21. The van der Waals surface area contributed by atoms with Crippen molar-refractivity contribution in [2.45, 2.75) is 52.2 Å². The summed E-state index contributed by atoms with van der Waals surface area (Å²) in [7, 11) is 0. The fourth-order valence-electron chi connectivity index (χ4n) is 2.21. The van der Waals surface area contributed by atoms with Crippen molar-refractivity contribution < 1.29 is 4.42 Å². The minimum atomic E-state index is 0.112. The van der Waals surface area contributed by atoms with Gasteiger partial charge in [0.1, 0.15) is 5.76 Å². The monoisotopic (exact) mass is 274 g/mol. The van der Waals surface area contributed by atoms with Crippen molar-refractivity contribution in [3.63, 3.8) is 0 Å². The van der Waals surface area contributed by atoms with Gasteiger partial charge in [-0.15, -0.1) is 6.42 Å². The molecule has 1 aromatic heterocycles. The van der Waals surface area contributed by atoms with Crippen molar-refractivity contribution in [3.05, 3.63) is 23.7 Å². The highest BCUT2D eigenvalue weighted by atomic mass is 16.3. The molecule has 1 heterocycles. The molecule has 0 aliphatic heterocycles. The highest BCUT2D eigenvalue weighted by molar-refractivity contribution is 5.17. The Morgan fingerprint density at radius 3 is 2.80 bits per heavy atom. The van der Waals surface area contributed by atoms with Crippen LogP contribution in [0, 0.1) is 18.3 Å². The first kappa shape index (κ1) is 15.2. The summed E-state index contributed by atoms with van der Waals surface area (Å²) in [5, 5.41) is 3.50. The molecule has 1 fully saturated rings. The molecule has 0 saturated heterocycles. The standard InChI is InChI=1S/C17H26N2O/c1-5-9-19(12-14-6-7-14)13-16-15(8-10-20-16)11-18-17(2,3)4/h1,8,10,14,18H,6-7,9,11-13H2,2-4H3. The molecule has 0 radical (unpaired) electrons. The van der Waals surface area contributed by atoms with Gasteiger partial charge in [-0.3, -0.25) is 4.90 Å². The molecule has 3 nitrogen and oxygen atoms in total. The molecule has 0 aromatic carbocycles. The van der Waals surface area contributed by atoms with Gasteiger partial charge in [-0.1, -0.05) is 5.92 Å². The molecular formula is C17H26N2O. The van der Waals surface area contributed by atoms with Gasteiger partial charge in [0.25, 0.3) is 0 Å². The Morgan fingerprint density at radius 1 is 1.45 bits per heavy atom. The zero-order valence-corrected chi connectivity index (χ0v) is 12.9. The van der Waals surface area contributed by atoms with E-state index in [2.05, 4.69) is 43.0 Å². The van der Waals surface area contributed by atoms with Crippen molar-refractivity contribution in [2.24, 2.45) is 5.92 Å². The molecule has 0 bridgehead atoms. The maximum Gasteiger partial charge on any atom is 0.122 e. The van der Waals surface area contributed by atoms with Crippen LogP contribution in [0.3, 0.4) is 0 Å².